The van der Waals surface area contributed by atoms with Crippen LogP contribution >= 0.6 is 0 Å². The van der Waals surface area contributed by atoms with Crippen molar-refractivity contribution in [3.63, 3.8) is 0 Å². The summed E-state index contributed by atoms with van der Waals surface area (Å²) in [5.74, 6) is 0. The predicted octanol–water partition coefficient (Wildman–Crippen LogP) is 2.10. The number of carbonyl (C=O) groups excluding carboxylic acids is 1. The number of ether oxygens (including phenoxy) is 1. The third-order valence-electron chi connectivity index (χ3n) is 3.47. The smallest absolute Gasteiger partial charge is 0.127 e. The van der Waals surface area contributed by atoms with Gasteiger partial charge in [-0.25, -0.2) is 0 Å². The highest BCUT2D eigenvalue weighted by Gasteiger charge is 2.33. The molecule has 1 fully saturated rings. The van der Waals surface area contributed by atoms with Crippen LogP contribution < -0.4 is 0 Å². The van der Waals surface area contributed by atoms with Crippen molar-refractivity contribution in [3.05, 3.63) is 0 Å². The van der Waals surface area contributed by atoms with Gasteiger partial charge in [0.1, 0.15) is 6.29 Å². The van der Waals surface area contributed by atoms with Gasteiger partial charge in [-0.2, -0.15) is 0 Å². The molecule has 0 aromatic heterocycles. The Bertz CT molecular complexity index is 200. The van der Waals surface area contributed by atoms with E-state index in [1.165, 1.54) is 19.3 Å². The van der Waals surface area contributed by atoms with Gasteiger partial charge in [-0.3, -0.25) is 0 Å². The Morgan fingerprint density at radius 2 is 2.00 bits per heavy atom. The van der Waals surface area contributed by atoms with E-state index in [2.05, 4.69) is 18.9 Å². The molecule has 0 radical (unpaired) electrons. The third kappa shape index (κ3) is 4.22. The van der Waals surface area contributed by atoms with E-state index >= 15 is 0 Å². The fraction of sp³-hybridized carbons (Fsp3) is 0.923. The van der Waals surface area contributed by atoms with E-state index in [9.17, 15) is 4.79 Å². The molecule has 3 nitrogen and oxygen atoms in total. The maximum atomic E-state index is 11.3. The standard InChI is InChI=1S/C13H25NO2/c1-3-4-5-8-14(2)11-13(12-15)6-9-16-10-7-13/h12H,3-11H2,1-2H3. The second kappa shape index (κ2) is 7.02. The van der Waals surface area contributed by atoms with Crippen LogP contribution in [-0.2, 0) is 9.53 Å². The molecule has 0 bridgehead atoms. The second-order valence-electron chi connectivity index (χ2n) is 5.04. The van der Waals surface area contributed by atoms with Gasteiger partial charge in [-0.05, 0) is 32.9 Å². The van der Waals surface area contributed by atoms with Crippen LogP contribution in [0.2, 0.25) is 0 Å². The van der Waals surface area contributed by atoms with Gasteiger partial charge in [-0.15, -0.1) is 0 Å². The molecule has 1 saturated heterocycles. The number of rotatable bonds is 7. The zero-order chi connectivity index (χ0) is 11.9. The van der Waals surface area contributed by atoms with E-state index in [1.807, 2.05) is 0 Å². The van der Waals surface area contributed by atoms with Gasteiger partial charge < -0.3 is 14.4 Å². The van der Waals surface area contributed by atoms with Crippen LogP contribution in [0.3, 0.4) is 0 Å². The molecule has 0 aliphatic carbocycles. The number of aldehydes is 1. The molecule has 1 heterocycles. The van der Waals surface area contributed by atoms with E-state index in [4.69, 9.17) is 4.74 Å². The van der Waals surface area contributed by atoms with E-state index in [1.54, 1.807) is 0 Å². The SMILES string of the molecule is CCCCCN(C)CC1(C=O)CCOCC1. The predicted molar refractivity (Wildman–Crippen MR) is 65.6 cm³/mol. The topological polar surface area (TPSA) is 29.5 Å². The molecule has 0 N–H and O–H groups in total. The van der Waals surface area contributed by atoms with Gasteiger partial charge in [0.25, 0.3) is 0 Å². The Kier molecular flexibility index (Phi) is 5.99. The van der Waals surface area contributed by atoms with Gasteiger partial charge in [0.2, 0.25) is 0 Å². The summed E-state index contributed by atoms with van der Waals surface area (Å²) in [5, 5.41) is 0. The van der Waals surface area contributed by atoms with E-state index in [0.717, 1.165) is 45.4 Å². The molecule has 0 unspecified atom stereocenters. The maximum Gasteiger partial charge on any atom is 0.127 e. The lowest BCUT2D eigenvalue weighted by molar-refractivity contribution is -0.122. The van der Waals surface area contributed by atoms with E-state index in [-0.39, 0.29) is 5.41 Å². The summed E-state index contributed by atoms with van der Waals surface area (Å²) >= 11 is 0. The van der Waals surface area contributed by atoms with Crippen LogP contribution in [-0.4, -0.2) is 44.5 Å². The molecule has 1 rings (SSSR count). The normalized spacial score (nSPS) is 19.9. The Balaban J connectivity index is 2.33. The molecule has 3 heteroatoms. The summed E-state index contributed by atoms with van der Waals surface area (Å²) in [6, 6.07) is 0. The Morgan fingerprint density at radius 1 is 1.31 bits per heavy atom. The largest absolute Gasteiger partial charge is 0.381 e. The zero-order valence-corrected chi connectivity index (χ0v) is 10.7. The van der Waals surface area contributed by atoms with Crippen molar-refractivity contribution in [2.75, 3.05) is 33.4 Å². The van der Waals surface area contributed by atoms with Crippen LogP contribution in [0.25, 0.3) is 0 Å². The minimum Gasteiger partial charge on any atom is -0.381 e. The first-order valence-corrected chi connectivity index (χ1v) is 6.45. The lowest BCUT2D eigenvalue weighted by Gasteiger charge is -2.35. The number of hydrogen-bond donors (Lipinski definition) is 0. The summed E-state index contributed by atoms with van der Waals surface area (Å²) in [6.45, 7) is 5.68. The monoisotopic (exact) mass is 227 g/mol. The number of nitrogens with zero attached hydrogens (tertiary/aromatic N) is 1. The van der Waals surface area contributed by atoms with Crippen LogP contribution in [0.4, 0.5) is 0 Å². The molecular weight excluding hydrogens is 202 g/mol. The molecule has 0 atom stereocenters. The Morgan fingerprint density at radius 3 is 2.56 bits per heavy atom. The second-order valence-corrected chi connectivity index (χ2v) is 5.04. The van der Waals surface area contributed by atoms with Gasteiger partial charge in [0, 0.05) is 25.2 Å². The third-order valence-corrected chi connectivity index (χ3v) is 3.47. The molecule has 94 valence electrons. The molecule has 0 spiro atoms. The van der Waals surface area contributed by atoms with Crippen LogP contribution in [0.1, 0.15) is 39.0 Å². The van der Waals surface area contributed by atoms with Crippen molar-refractivity contribution in [2.24, 2.45) is 5.41 Å². The van der Waals surface area contributed by atoms with Crippen LogP contribution in [0.15, 0.2) is 0 Å². The molecule has 1 aliphatic heterocycles. The highest BCUT2D eigenvalue weighted by molar-refractivity contribution is 5.60. The van der Waals surface area contributed by atoms with Gasteiger partial charge in [0.05, 0.1) is 0 Å². The molecule has 0 aromatic rings. The maximum absolute atomic E-state index is 11.3. The van der Waals surface area contributed by atoms with Gasteiger partial charge >= 0.3 is 0 Å². The summed E-state index contributed by atoms with van der Waals surface area (Å²) in [4.78, 5) is 13.6. The van der Waals surface area contributed by atoms with Gasteiger partial charge in [-0.1, -0.05) is 19.8 Å². The fourth-order valence-corrected chi connectivity index (χ4v) is 2.34. The minimum atomic E-state index is -0.140. The van der Waals surface area contributed by atoms with Crippen LogP contribution in [0.5, 0.6) is 0 Å². The number of unbranched alkanes of at least 4 members (excludes halogenated alkanes) is 2. The summed E-state index contributed by atoms with van der Waals surface area (Å²) in [6.07, 6.45) is 6.69. The van der Waals surface area contributed by atoms with Crippen molar-refractivity contribution in [1.29, 1.82) is 0 Å². The number of hydrogen-bond acceptors (Lipinski definition) is 3. The average molecular weight is 227 g/mol. The molecule has 0 saturated carbocycles. The molecule has 0 aromatic carbocycles. The zero-order valence-electron chi connectivity index (χ0n) is 10.7. The quantitative estimate of drug-likeness (QED) is 0.493. The number of carbonyl (C=O) groups is 1. The average Bonchev–Trinajstić information content (AvgIpc) is 2.30. The van der Waals surface area contributed by atoms with Crippen molar-refractivity contribution >= 4 is 6.29 Å². The summed E-state index contributed by atoms with van der Waals surface area (Å²) in [5.41, 5.74) is -0.140. The minimum absolute atomic E-state index is 0.140. The van der Waals surface area contributed by atoms with Crippen molar-refractivity contribution < 1.29 is 9.53 Å². The fourth-order valence-electron chi connectivity index (χ4n) is 2.34. The Hall–Kier alpha value is -0.410. The summed E-state index contributed by atoms with van der Waals surface area (Å²) < 4.78 is 5.33. The molecule has 0 amide bonds. The van der Waals surface area contributed by atoms with Crippen LogP contribution in [0, 0.1) is 5.41 Å². The van der Waals surface area contributed by atoms with Crippen molar-refractivity contribution in [2.45, 2.75) is 39.0 Å². The van der Waals surface area contributed by atoms with E-state index in [0.29, 0.717) is 0 Å². The van der Waals surface area contributed by atoms with Gasteiger partial charge in [0.15, 0.2) is 0 Å². The highest BCUT2D eigenvalue weighted by atomic mass is 16.5. The first-order chi connectivity index (χ1) is 7.72. The highest BCUT2D eigenvalue weighted by Crippen LogP contribution is 2.28. The lowest BCUT2D eigenvalue weighted by Crippen LogP contribution is -2.41. The molecular formula is C13H25NO2. The summed E-state index contributed by atoms with van der Waals surface area (Å²) in [7, 11) is 2.12. The van der Waals surface area contributed by atoms with Crippen molar-refractivity contribution in [1.82, 2.24) is 4.90 Å². The molecule has 1 aliphatic rings. The molecule has 16 heavy (non-hydrogen) atoms. The first-order valence-electron chi connectivity index (χ1n) is 6.45. The van der Waals surface area contributed by atoms with Crippen molar-refractivity contribution in [3.8, 4) is 0 Å². The lowest BCUT2D eigenvalue weighted by atomic mass is 9.81. The Labute approximate surface area is 99.1 Å². The first kappa shape index (κ1) is 13.7. The van der Waals surface area contributed by atoms with E-state index < -0.39 is 0 Å².